The quantitative estimate of drug-likeness (QED) is 0.862. The van der Waals surface area contributed by atoms with Crippen LogP contribution in [0.2, 0.25) is 0 Å². The summed E-state index contributed by atoms with van der Waals surface area (Å²) in [5.74, 6) is 1.26. The Bertz CT molecular complexity index is 688. The van der Waals surface area contributed by atoms with E-state index in [0.717, 1.165) is 38.4 Å². The van der Waals surface area contributed by atoms with E-state index in [1.807, 2.05) is 16.2 Å². The number of nitrogens with zero attached hydrogens (tertiary/aromatic N) is 1. The second kappa shape index (κ2) is 7.75. The molecule has 1 amide bonds. The van der Waals surface area contributed by atoms with Gasteiger partial charge in [-0.3, -0.25) is 4.79 Å². The molecule has 1 aliphatic heterocycles. The van der Waals surface area contributed by atoms with Gasteiger partial charge in [0.05, 0.1) is 6.26 Å². The van der Waals surface area contributed by atoms with Crippen LogP contribution in [0.3, 0.4) is 0 Å². The number of hydrogen-bond donors (Lipinski definition) is 1. The number of carbonyl (C=O) groups is 1. The van der Waals surface area contributed by atoms with E-state index in [0.29, 0.717) is 11.8 Å². The van der Waals surface area contributed by atoms with Gasteiger partial charge in [-0.15, -0.1) is 11.3 Å². The molecular formula is C20H26N2O2S. The molecule has 5 heteroatoms. The zero-order valence-corrected chi connectivity index (χ0v) is 15.4. The highest BCUT2D eigenvalue weighted by Crippen LogP contribution is 2.37. The fraction of sp³-hybridized carbons (Fsp3) is 0.550. The number of hydrogen-bond acceptors (Lipinski definition) is 4. The number of carbonyl (C=O) groups excluding carboxylic acids is 1. The van der Waals surface area contributed by atoms with Gasteiger partial charge in [0.1, 0.15) is 0 Å². The van der Waals surface area contributed by atoms with Crippen molar-refractivity contribution in [1.82, 2.24) is 10.2 Å². The maximum absolute atomic E-state index is 12.4. The van der Waals surface area contributed by atoms with Gasteiger partial charge in [0.15, 0.2) is 5.76 Å². The third kappa shape index (κ3) is 3.98. The number of rotatable bonds is 5. The molecule has 3 heterocycles. The van der Waals surface area contributed by atoms with Crippen LogP contribution in [0, 0.1) is 0 Å². The fourth-order valence-electron chi connectivity index (χ4n) is 4.05. The number of furan rings is 1. The minimum Gasteiger partial charge on any atom is -0.459 e. The maximum Gasteiger partial charge on any atom is 0.289 e. The molecule has 2 aromatic heterocycles. The van der Waals surface area contributed by atoms with Crippen molar-refractivity contribution in [2.75, 3.05) is 13.1 Å². The molecule has 4 nitrogen and oxygen atoms in total. The zero-order chi connectivity index (χ0) is 17.1. The van der Waals surface area contributed by atoms with Crippen molar-refractivity contribution in [3.8, 4) is 0 Å². The molecule has 1 aliphatic carbocycles. The fourth-order valence-corrected chi connectivity index (χ4v) is 5.18. The number of piperidine rings is 1. The summed E-state index contributed by atoms with van der Waals surface area (Å²) in [7, 11) is 0. The zero-order valence-electron chi connectivity index (χ0n) is 14.6. The Kier molecular flexibility index (Phi) is 5.22. The second-order valence-electron chi connectivity index (χ2n) is 7.23. The summed E-state index contributed by atoms with van der Waals surface area (Å²) in [6.45, 7) is 2.49. The van der Waals surface area contributed by atoms with E-state index in [-0.39, 0.29) is 5.91 Å². The smallest absolute Gasteiger partial charge is 0.289 e. The summed E-state index contributed by atoms with van der Waals surface area (Å²) in [6, 6.07) is 8.48. The van der Waals surface area contributed by atoms with Gasteiger partial charge in [-0.25, -0.2) is 0 Å². The first-order chi connectivity index (χ1) is 12.3. The van der Waals surface area contributed by atoms with Crippen LogP contribution in [-0.2, 0) is 6.54 Å². The number of likely N-dealkylation sites (tertiary alicyclic amines) is 1. The van der Waals surface area contributed by atoms with Gasteiger partial charge in [-0.1, -0.05) is 12.8 Å². The van der Waals surface area contributed by atoms with E-state index >= 15 is 0 Å². The topological polar surface area (TPSA) is 45.5 Å². The molecule has 1 N–H and O–H groups in total. The summed E-state index contributed by atoms with van der Waals surface area (Å²) in [5.41, 5.74) is 0. The first kappa shape index (κ1) is 16.9. The van der Waals surface area contributed by atoms with Gasteiger partial charge in [-0.2, -0.15) is 0 Å². The SMILES string of the molecule is O=C(c1ccco1)N1CCCC(NCc2ccc(C3CCCC3)s2)C1. The van der Waals surface area contributed by atoms with Crippen LogP contribution in [0.25, 0.3) is 0 Å². The second-order valence-corrected chi connectivity index (χ2v) is 8.43. The molecule has 0 bridgehead atoms. The van der Waals surface area contributed by atoms with E-state index in [4.69, 9.17) is 4.42 Å². The molecule has 2 aromatic rings. The molecule has 134 valence electrons. The standard InChI is InChI=1S/C20H26N2O2S/c23-20(18-8-4-12-24-18)22-11-3-7-16(14-22)21-13-17-9-10-19(25-17)15-5-1-2-6-15/h4,8-10,12,15-16,21H,1-3,5-7,11,13-14H2. The van der Waals surface area contributed by atoms with Crippen LogP contribution >= 0.6 is 11.3 Å². The minimum absolute atomic E-state index is 0.0103. The highest BCUT2D eigenvalue weighted by atomic mass is 32.1. The highest BCUT2D eigenvalue weighted by Gasteiger charge is 2.25. The Balaban J connectivity index is 1.30. The Morgan fingerprint density at radius 3 is 2.88 bits per heavy atom. The molecule has 2 aliphatic rings. The van der Waals surface area contributed by atoms with E-state index in [2.05, 4.69) is 17.4 Å². The van der Waals surface area contributed by atoms with E-state index < -0.39 is 0 Å². The van der Waals surface area contributed by atoms with Crippen molar-refractivity contribution in [1.29, 1.82) is 0 Å². The Morgan fingerprint density at radius 2 is 2.08 bits per heavy atom. The molecule has 4 rings (SSSR count). The van der Waals surface area contributed by atoms with Gasteiger partial charge >= 0.3 is 0 Å². The van der Waals surface area contributed by atoms with Crippen molar-refractivity contribution < 1.29 is 9.21 Å². The van der Waals surface area contributed by atoms with E-state index in [1.165, 1.54) is 30.6 Å². The Morgan fingerprint density at radius 1 is 1.20 bits per heavy atom. The van der Waals surface area contributed by atoms with Crippen molar-refractivity contribution in [3.63, 3.8) is 0 Å². The molecule has 2 fully saturated rings. The Labute approximate surface area is 153 Å². The predicted octanol–water partition coefficient (Wildman–Crippen LogP) is 4.39. The number of thiophene rings is 1. The summed E-state index contributed by atoms with van der Waals surface area (Å²) < 4.78 is 5.25. The monoisotopic (exact) mass is 358 g/mol. The van der Waals surface area contributed by atoms with Crippen LogP contribution in [0.15, 0.2) is 34.9 Å². The lowest BCUT2D eigenvalue weighted by molar-refractivity contribution is 0.0662. The van der Waals surface area contributed by atoms with Gasteiger partial charge in [-0.05, 0) is 55.9 Å². The normalized spacial score (nSPS) is 21.8. The molecule has 1 saturated carbocycles. The first-order valence-corrected chi connectivity index (χ1v) is 10.3. The van der Waals surface area contributed by atoms with Gasteiger partial charge in [0, 0.05) is 35.4 Å². The third-order valence-electron chi connectivity index (χ3n) is 5.45. The van der Waals surface area contributed by atoms with Crippen LogP contribution in [0.1, 0.15) is 64.8 Å². The lowest BCUT2D eigenvalue weighted by atomic mass is 10.1. The summed E-state index contributed by atoms with van der Waals surface area (Å²) in [4.78, 5) is 17.3. The van der Waals surface area contributed by atoms with Crippen molar-refractivity contribution in [3.05, 3.63) is 46.0 Å². The lowest BCUT2D eigenvalue weighted by Gasteiger charge is -2.32. The predicted molar refractivity (Wildman–Crippen MR) is 100 cm³/mol. The molecule has 25 heavy (non-hydrogen) atoms. The summed E-state index contributed by atoms with van der Waals surface area (Å²) in [6.07, 6.45) is 9.23. The minimum atomic E-state index is 0.0103. The highest BCUT2D eigenvalue weighted by molar-refractivity contribution is 7.12. The molecule has 1 unspecified atom stereocenters. The molecule has 0 radical (unpaired) electrons. The van der Waals surface area contributed by atoms with Crippen molar-refractivity contribution in [2.45, 2.75) is 57.0 Å². The Hall–Kier alpha value is -1.59. The van der Waals surface area contributed by atoms with Crippen molar-refractivity contribution in [2.24, 2.45) is 0 Å². The molecule has 1 atom stereocenters. The average molecular weight is 359 g/mol. The largest absolute Gasteiger partial charge is 0.459 e. The van der Waals surface area contributed by atoms with Crippen LogP contribution < -0.4 is 5.32 Å². The van der Waals surface area contributed by atoms with Gasteiger partial charge in [0.2, 0.25) is 0 Å². The van der Waals surface area contributed by atoms with Crippen LogP contribution in [-0.4, -0.2) is 29.9 Å². The van der Waals surface area contributed by atoms with Gasteiger partial charge < -0.3 is 14.6 Å². The van der Waals surface area contributed by atoms with Gasteiger partial charge in [0.25, 0.3) is 5.91 Å². The average Bonchev–Trinajstić information content (AvgIpc) is 3.41. The summed E-state index contributed by atoms with van der Waals surface area (Å²) >= 11 is 1.97. The molecular weight excluding hydrogens is 332 g/mol. The van der Waals surface area contributed by atoms with E-state index in [9.17, 15) is 4.79 Å². The third-order valence-corrected chi connectivity index (χ3v) is 6.69. The van der Waals surface area contributed by atoms with E-state index in [1.54, 1.807) is 23.3 Å². The number of amides is 1. The van der Waals surface area contributed by atoms with Crippen LogP contribution in [0.5, 0.6) is 0 Å². The molecule has 0 aromatic carbocycles. The molecule has 1 saturated heterocycles. The summed E-state index contributed by atoms with van der Waals surface area (Å²) in [5, 5.41) is 3.66. The molecule has 0 spiro atoms. The van der Waals surface area contributed by atoms with Crippen LogP contribution in [0.4, 0.5) is 0 Å². The number of nitrogens with one attached hydrogen (secondary N) is 1. The first-order valence-electron chi connectivity index (χ1n) is 9.44. The lowest BCUT2D eigenvalue weighted by Crippen LogP contribution is -2.47. The van der Waals surface area contributed by atoms with Crippen molar-refractivity contribution >= 4 is 17.2 Å². The maximum atomic E-state index is 12.4.